The van der Waals surface area contributed by atoms with Crippen LogP contribution in [-0.2, 0) is 9.47 Å². The van der Waals surface area contributed by atoms with E-state index in [0.29, 0.717) is 26.2 Å². The Morgan fingerprint density at radius 3 is 1.33 bits per heavy atom. The lowest BCUT2D eigenvalue weighted by Gasteiger charge is -2.26. The number of carbonyl (C=O) groups is 2. The summed E-state index contributed by atoms with van der Waals surface area (Å²) in [6, 6.07) is -0.197. The van der Waals surface area contributed by atoms with Gasteiger partial charge in [0, 0.05) is 65.4 Å². The molecular weight excluding hydrogens is 388 g/mol. The van der Waals surface area contributed by atoms with Crippen LogP contribution in [0, 0.1) is 0 Å². The first-order chi connectivity index (χ1) is 14.7. The quantitative estimate of drug-likeness (QED) is 0.303. The number of carbonyl (C=O) groups excluding carboxylic acids is 2. The second-order valence-corrected chi connectivity index (χ2v) is 7.69. The summed E-state index contributed by atoms with van der Waals surface area (Å²) in [5, 5.41) is 11.6. The number of hydrogen-bond acceptors (Lipinski definition) is 6. The first-order valence-corrected chi connectivity index (χ1v) is 11.4. The van der Waals surface area contributed by atoms with Crippen LogP contribution < -0.4 is 21.3 Å². The molecule has 10 heteroatoms. The van der Waals surface area contributed by atoms with Crippen LogP contribution in [-0.4, -0.2) is 114 Å². The molecule has 2 aliphatic rings. The van der Waals surface area contributed by atoms with E-state index >= 15 is 0 Å². The highest BCUT2D eigenvalue weighted by Crippen LogP contribution is 1.98. The van der Waals surface area contributed by atoms with E-state index in [1.54, 1.807) is 0 Å². The molecule has 0 saturated carbocycles. The molecule has 0 aromatic heterocycles. The molecule has 30 heavy (non-hydrogen) atoms. The van der Waals surface area contributed by atoms with Gasteiger partial charge >= 0.3 is 12.1 Å². The smallest absolute Gasteiger partial charge is 0.314 e. The minimum Gasteiger partial charge on any atom is -0.379 e. The van der Waals surface area contributed by atoms with E-state index in [1.807, 2.05) is 0 Å². The van der Waals surface area contributed by atoms with Crippen molar-refractivity contribution in [1.29, 1.82) is 0 Å². The first-order valence-electron chi connectivity index (χ1n) is 11.4. The predicted molar refractivity (Wildman–Crippen MR) is 116 cm³/mol. The van der Waals surface area contributed by atoms with Gasteiger partial charge in [-0.15, -0.1) is 0 Å². The molecule has 0 aromatic carbocycles. The second-order valence-electron chi connectivity index (χ2n) is 7.69. The van der Waals surface area contributed by atoms with Gasteiger partial charge in [-0.25, -0.2) is 9.59 Å². The Morgan fingerprint density at radius 2 is 0.933 bits per heavy atom. The van der Waals surface area contributed by atoms with Crippen LogP contribution in [0.5, 0.6) is 0 Å². The van der Waals surface area contributed by atoms with E-state index in [-0.39, 0.29) is 12.1 Å². The third-order valence-electron chi connectivity index (χ3n) is 5.31. The Balaban J connectivity index is 1.30. The summed E-state index contributed by atoms with van der Waals surface area (Å²) in [6.45, 7) is 11.3. The van der Waals surface area contributed by atoms with Crippen LogP contribution >= 0.6 is 0 Å². The Labute approximate surface area is 180 Å². The lowest BCUT2D eigenvalue weighted by atomic mass is 10.2. The maximum atomic E-state index is 11.8. The lowest BCUT2D eigenvalue weighted by Crippen LogP contribution is -2.44. The maximum Gasteiger partial charge on any atom is 0.314 e. The molecule has 0 spiro atoms. The number of ether oxygens (including phenoxy) is 2. The fourth-order valence-corrected chi connectivity index (χ4v) is 3.44. The third-order valence-corrected chi connectivity index (χ3v) is 5.31. The maximum absolute atomic E-state index is 11.8. The molecule has 10 nitrogen and oxygen atoms in total. The normalized spacial score (nSPS) is 18.0. The summed E-state index contributed by atoms with van der Waals surface area (Å²) in [4.78, 5) is 28.1. The number of unbranched alkanes of at least 4 members (excludes halogenated alkanes) is 3. The van der Waals surface area contributed by atoms with E-state index in [9.17, 15) is 9.59 Å². The molecule has 2 saturated heterocycles. The van der Waals surface area contributed by atoms with Crippen molar-refractivity contribution in [3.05, 3.63) is 0 Å². The van der Waals surface area contributed by atoms with Gasteiger partial charge in [0.05, 0.1) is 26.4 Å². The molecule has 2 aliphatic heterocycles. The van der Waals surface area contributed by atoms with Crippen molar-refractivity contribution in [2.75, 3.05) is 91.9 Å². The molecule has 0 atom stereocenters. The summed E-state index contributed by atoms with van der Waals surface area (Å²) in [6.07, 6.45) is 3.97. The van der Waals surface area contributed by atoms with Crippen molar-refractivity contribution in [1.82, 2.24) is 31.1 Å². The van der Waals surface area contributed by atoms with Gasteiger partial charge < -0.3 is 30.7 Å². The van der Waals surface area contributed by atoms with Crippen molar-refractivity contribution in [3.63, 3.8) is 0 Å². The summed E-state index contributed by atoms with van der Waals surface area (Å²) in [5.41, 5.74) is 0. The van der Waals surface area contributed by atoms with Gasteiger partial charge in [0.1, 0.15) is 0 Å². The Bertz CT molecular complexity index is 428. The third kappa shape index (κ3) is 12.2. The zero-order valence-corrected chi connectivity index (χ0v) is 18.3. The molecule has 0 unspecified atom stereocenters. The van der Waals surface area contributed by atoms with Crippen LogP contribution in [0.2, 0.25) is 0 Å². The molecule has 0 aromatic rings. The molecule has 4 N–H and O–H groups in total. The Morgan fingerprint density at radius 1 is 0.567 bits per heavy atom. The highest BCUT2D eigenvalue weighted by Gasteiger charge is 2.11. The van der Waals surface area contributed by atoms with Crippen molar-refractivity contribution in [2.24, 2.45) is 0 Å². The summed E-state index contributed by atoms with van der Waals surface area (Å²) in [7, 11) is 0. The summed E-state index contributed by atoms with van der Waals surface area (Å²) < 4.78 is 10.6. The lowest BCUT2D eigenvalue weighted by molar-refractivity contribution is 0.0386. The van der Waals surface area contributed by atoms with E-state index < -0.39 is 0 Å². The van der Waals surface area contributed by atoms with Gasteiger partial charge in [-0.1, -0.05) is 12.8 Å². The fraction of sp³-hybridized carbons (Fsp3) is 0.900. The average Bonchev–Trinajstić information content (AvgIpc) is 2.77. The SMILES string of the molecule is O=C(NCCCCCCNC(=O)NCCN1CCOCC1)NCCN1CCOCC1. The monoisotopic (exact) mass is 428 g/mol. The van der Waals surface area contributed by atoms with Crippen molar-refractivity contribution < 1.29 is 19.1 Å². The van der Waals surface area contributed by atoms with Gasteiger partial charge in [0.2, 0.25) is 0 Å². The number of nitrogens with zero attached hydrogens (tertiary/aromatic N) is 2. The van der Waals surface area contributed by atoms with Crippen molar-refractivity contribution in [2.45, 2.75) is 25.7 Å². The van der Waals surface area contributed by atoms with Gasteiger partial charge in [-0.3, -0.25) is 9.80 Å². The summed E-state index contributed by atoms with van der Waals surface area (Å²) in [5.74, 6) is 0. The number of amides is 4. The molecule has 2 rings (SSSR count). The van der Waals surface area contributed by atoms with E-state index in [1.165, 1.54) is 0 Å². The topological polar surface area (TPSA) is 107 Å². The number of hydrogen-bond donors (Lipinski definition) is 4. The second kappa shape index (κ2) is 16.1. The van der Waals surface area contributed by atoms with Crippen LogP contribution in [0.1, 0.15) is 25.7 Å². The molecule has 0 bridgehead atoms. The highest BCUT2D eigenvalue weighted by molar-refractivity contribution is 5.74. The van der Waals surface area contributed by atoms with Crippen molar-refractivity contribution >= 4 is 12.1 Å². The number of morpholine rings is 2. The average molecular weight is 429 g/mol. The molecule has 0 radical (unpaired) electrons. The zero-order valence-electron chi connectivity index (χ0n) is 18.3. The van der Waals surface area contributed by atoms with Crippen LogP contribution in [0.3, 0.4) is 0 Å². The van der Waals surface area contributed by atoms with E-state index in [4.69, 9.17) is 9.47 Å². The standard InChI is InChI=1S/C20H40N6O4/c27-19(23-7-9-25-11-15-29-16-12-25)21-5-3-1-2-4-6-22-20(28)24-8-10-26-13-17-30-18-14-26/h1-18H2,(H2,21,23,27)(H2,22,24,28). The molecule has 4 amide bonds. The van der Waals surface area contributed by atoms with Crippen molar-refractivity contribution in [3.8, 4) is 0 Å². The van der Waals surface area contributed by atoms with Crippen LogP contribution in [0.15, 0.2) is 0 Å². The Hall–Kier alpha value is -1.62. The van der Waals surface area contributed by atoms with Gasteiger partial charge in [-0.2, -0.15) is 0 Å². The number of rotatable bonds is 13. The Kier molecular flexibility index (Phi) is 13.2. The number of nitrogens with one attached hydrogen (secondary N) is 4. The molecule has 174 valence electrons. The molecule has 2 fully saturated rings. The minimum atomic E-state index is -0.0984. The zero-order chi connectivity index (χ0) is 21.3. The largest absolute Gasteiger partial charge is 0.379 e. The van der Waals surface area contributed by atoms with Gasteiger partial charge in [0.15, 0.2) is 0 Å². The predicted octanol–water partition coefficient (Wildman–Crippen LogP) is -0.190. The van der Waals surface area contributed by atoms with Crippen LogP contribution in [0.25, 0.3) is 0 Å². The van der Waals surface area contributed by atoms with Gasteiger partial charge in [-0.05, 0) is 12.8 Å². The molecule has 2 heterocycles. The van der Waals surface area contributed by atoms with Crippen LogP contribution in [0.4, 0.5) is 9.59 Å². The first kappa shape index (κ1) is 24.6. The minimum absolute atomic E-state index is 0.0984. The summed E-state index contributed by atoms with van der Waals surface area (Å²) >= 11 is 0. The molecule has 0 aliphatic carbocycles. The highest BCUT2D eigenvalue weighted by atomic mass is 16.5. The fourth-order valence-electron chi connectivity index (χ4n) is 3.44. The van der Waals surface area contributed by atoms with E-state index in [0.717, 1.165) is 91.4 Å². The van der Waals surface area contributed by atoms with E-state index in [2.05, 4.69) is 31.1 Å². The number of urea groups is 2. The molecular formula is C20H40N6O4. The van der Waals surface area contributed by atoms with Gasteiger partial charge in [0.25, 0.3) is 0 Å².